The number of piperidine rings is 1. The van der Waals surface area contributed by atoms with Crippen LogP contribution < -0.4 is 16.0 Å². The number of methoxy groups -OCH3 is 1. The Labute approximate surface area is 142 Å². The standard InChI is InChI=1S/C15H20BrN5O2/c1-23-8-12(22)20-11-6-19-15-13(11)14(10(16)5-18-15)21-4-2-3-9(17)7-21/h5-6,9H,2-4,7-8,17H2,1H3,(H,18,19)(H,20,22). The summed E-state index contributed by atoms with van der Waals surface area (Å²) in [5, 5.41) is 3.76. The second-order valence-corrected chi connectivity index (χ2v) is 6.56. The molecule has 3 heterocycles. The zero-order chi connectivity index (χ0) is 16.4. The van der Waals surface area contributed by atoms with Crippen LogP contribution in [0, 0.1) is 0 Å². The molecule has 23 heavy (non-hydrogen) atoms. The number of amides is 1. The number of carbonyl (C=O) groups excluding carboxylic acids is 1. The Balaban J connectivity index is 2.03. The van der Waals surface area contributed by atoms with Crippen molar-refractivity contribution in [2.24, 2.45) is 5.73 Å². The summed E-state index contributed by atoms with van der Waals surface area (Å²) in [5.74, 6) is -0.199. The number of anilines is 2. The third-order valence-electron chi connectivity index (χ3n) is 3.95. The van der Waals surface area contributed by atoms with Crippen LogP contribution in [-0.4, -0.2) is 48.7 Å². The lowest BCUT2D eigenvalue weighted by Gasteiger charge is -2.33. The molecule has 4 N–H and O–H groups in total. The highest BCUT2D eigenvalue weighted by Crippen LogP contribution is 2.38. The smallest absolute Gasteiger partial charge is 0.250 e. The molecule has 3 rings (SSSR count). The number of halogens is 1. The van der Waals surface area contributed by atoms with Gasteiger partial charge in [-0.2, -0.15) is 0 Å². The first-order valence-corrected chi connectivity index (χ1v) is 8.34. The number of nitrogens with two attached hydrogens (primary N) is 1. The monoisotopic (exact) mass is 381 g/mol. The second kappa shape index (κ2) is 6.86. The molecule has 8 heteroatoms. The van der Waals surface area contributed by atoms with Crippen LogP contribution in [0.25, 0.3) is 11.0 Å². The van der Waals surface area contributed by atoms with Gasteiger partial charge in [0, 0.05) is 38.6 Å². The van der Waals surface area contributed by atoms with Gasteiger partial charge < -0.3 is 25.7 Å². The van der Waals surface area contributed by atoms with Gasteiger partial charge in [0.25, 0.3) is 0 Å². The quantitative estimate of drug-likeness (QED) is 0.750. The van der Waals surface area contributed by atoms with Gasteiger partial charge in [-0.3, -0.25) is 4.79 Å². The van der Waals surface area contributed by atoms with Gasteiger partial charge in [0.15, 0.2) is 0 Å². The van der Waals surface area contributed by atoms with Crippen molar-refractivity contribution >= 4 is 44.2 Å². The SMILES string of the molecule is COCC(=O)Nc1c[nH]c2ncc(Br)c(N3CCCC(N)C3)c12. The molecule has 1 amide bonds. The number of nitrogens with one attached hydrogen (secondary N) is 2. The van der Waals surface area contributed by atoms with Crippen molar-refractivity contribution in [2.45, 2.75) is 18.9 Å². The summed E-state index contributed by atoms with van der Waals surface area (Å²) >= 11 is 3.59. The van der Waals surface area contributed by atoms with E-state index >= 15 is 0 Å². The first-order chi connectivity index (χ1) is 11.1. The summed E-state index contributed by atoms with van der Waals surface area (Å²) in [4.78, 5) is 21.6. The van der Waals surface area contributed by atoms with Crippen molar-refractivity contribution in [1.29, 1.82) is 0 Å². The number of pyridine rings is 1. The topological polar surface area (TPSA) is 96.3 Å². The maximum atomic E-state index is 11.9. The third kappa shape index (κ3) is 3.34. The molecule has 1 atom stereocenters. The molecular formula is C15H20BrN5O2. The number of ether oxygens (including phenoxy) is 1. The summed E-state index contributed by atoms with van der Waals surface area (Å²) < 4.78 is 5.76. The number of nitrogens with zero attached hydrogens (tertiary/aromatic N) is 2. The van der Waals surface area contributed by atoms with Gasteiger partial charge in [-0.05, 0) is 28.8 Å². The van der Waals surface area contributed by atoms with Crippen molar-refractivity contribution < 1.29 is 9.53 Å². The lowest BCUT2D eigenvalue weighted by Crippen LogP contribution is -2.43. The van der Waals surface area contributed by atoms with Crippen LogP contribution in [0.5, 0.6) is 0 Å². The van der Waals surface area contributed by atoms with Gasteiger partial charge in [0.05, 0.1) is 21.2 Å². The van der Waals surface area contributed by atoms with Crippen molar-refractivity contribution in [3.05, 3.63) is 16.9 Å². The molecule has 1 unspecified atom stereocenters. The van der Waals surface area contributed by atoms with Crippen LogP contribution in [0.1, 0.15) is 12.8 Å². The molecule has 0 saturated carbocycles. The molecule has 124 valence electrons. The Morgan fingerprint density at radius 1 is 1.65 bits per heavy atom. The van der Waals surface area contributed by atoms with Gasteiger partial charge in [-0.15, -0.1) is 0 Å². The Kier molecular flexibility index (Phi) is 4.84. The molecule has 0 radical (unpaired) electrons. The summed E-state index contributed by atoms with van der Waals surface area (Å²) in [7, 11) is 1.49. The van der Waals surface area contributed by atoms with Crippen molar-refractivity contribution in [3.63, 3.8) is 0 Å². The second-order valence-electron chi connectivity index (χ2n) is 5.71. The minimum atomic E-state index is -0.199. The van der Waals surface area contributed by atoms with Crippen LogP contribution in [0.2, 0.25) is 0 Å². The molecule has 1 saturated heterocycles. The summed E-state index contributed by atoms with van der Waals surface area (Å²) in [6, 6.07) is 0.157. The fraction of sp³-hybridized carbons (Fsp3) is 0.467. The fourth-order valence-electron chi connectivity index (χ4n) is 2.99. The number of fused-ring (bicyclic) bond motifs is 1. The number of hydrogen-bond acceptors (Lipinski definition) is 5. The molecule has 1 aliphatic rings. The van der Waals surface area contributed by atoms with E-state index in [0.717, 1.165) is 47.1 Å². The number of hydrogen-bond donors (Lipinski definition) is 3. The Bertz CT molecular complexity index is 717. The molecule has 0 aromatic carbocycles. The maximum Gasteiger partial charge on any atom is 0.250 e. The average Bonchev–Trinajstić information content (AvgIpc) is 2.90. The first kappa shape index (κ1) is 16.2. The predicted molar refractivity (Wildman–Crippen MR) is 93.7 cm³/mol. The Morgan fingerprint density at radius 3 is 3.22 bits per heavy atom. The largest absolute Gasteiger partial charge is 0.375 e. The van der Waals surface area contributed by atoms with Crippen LogP contribution in [-0.2, 0) is 9.53 Å². The van der Waals surface area contributed by atoms with Crippen molar-refractivity contribution in [2.75, 3.05) is 37.0 Å². The minimum Gasteiger partial charge on any atom is -0.375 e. The minimum absolute atomic E-state index is 0.0119. The number of rotatable bonds is 4. The van der Waals surface area contributed by atoms with E-state index < -0.39 is 0 Å². The molecule has 0 bridgehead atoms. The highest BCUT2D eigenvalue weighted by Gasteiger charge is 2.23. The van der Waals surface area contributed by atoms with Gasteiger partial charge in [0.2, 0.25) is 5.91 Å². The van der Waals surface area contributed by atoms with Gasteiger partial charge in [-0.1, -0.05) is 0 Å². The van der Waals surface area contributed by atoms with E-state index in [1.54, 1.807) is 12.4 Å². The zero-order valence-corrected chi connectivity index (χ0v) is 14.5. The summed E-state index contributed by atoms with van der Waals surface area (Å²) in [5.41, 5.74) is 8.57. The van der Waals surface area contributed by atoms with E-state index in [1.165, 1.54) is 7.11 Å². The van der Waals surface area contributed by atoms with E-state index in [4.69, 9.17) is 10.5 Å². The Morgan fingerprint density at radius 2 is 2.48 bits per heavy atom. The Hall–Kier alpha value is -1.64. The molecule has 2 aromatic heterocycles. The molecule has 1 fully saturated rings. The van der Waals surface area contributed by atoms with E-state index in [0.29, 0.717) is 5.69 Å². The lowest BCUT2D eigenvalue weighted by molar-refractivity contribution is -0.119. The summed E-state index contributed by atoms with van der Waals surface area (Å²) in [6.07, 6.45) is 5.61. The predicted octanol–water partition coefficient (Wildman–Crippen LogP) is 1.84. The average molecular weight is 382 g/mol. The maximum absolute atomic E-state index is 11.9. The van der Waals surface area contributed by atoms with E-state index in [9.17, 15) is 4.79 Å². The van der Waals surface area contributed by atoms with E-state index in [1.807, 2.05) is 0 Å². The van der Waals surface area contributed by atoms with Crippen molar-refractivity contribution in [1.82, 2.24) is 9.97 Å². The molecule has 7 nitrogen and oxygen atoms in total. The number of carbonyl (C=O) groups is 1. The van der Waals surface area contributed by atoms with Gasteiger partial charge in [-0.25, -0.2) is 4.98 Å². The fourth-order valence-corrected chi connectivity index (χ4v) is 3.55. The van der Waals surface area contributed by atoms with Gasteiger partial charge in [0.1, 0.15) is 12.3 Å². The van der Waals surface area contributed by atoms with Crippen LogP contribution >= 0.6 is 15.9 Å². The zero-order valence-electron chi connectivity index (χ0n) is 12.9. The highest BCUT2D eigenvalue weighted by atomic mass is 79.9. The third-order valence-corrected chi connectivity index (χ3v) is 4.53. The molecule has 2 aromatic rings. The van der Waals surface area contributed by atoms with Gasteiger partial charge >= 0.3 is 0 Å². The molecule has 0 aliphatic carbocycles. The normalized spacial score (nSPS) is 18.4. The highest BCUT2D eigenvalue weighted by molar-refractivity contribution is 9.10. The number of aromatic amines is 1. The van der Waals surface area contributed by atoms with E-state index in [2.05, 4.69) is 36.1 Å². The molecular weight excluding hydrogens is 362 g/mol. The van der Waals surface area contributed by atoms with Crippen molar-refractivity contribution in [3.8, 4) is 0 Å². The van der Waals surface area contributed by atoms with E-state index in [-0.39, 0.29) is 18.6 Å². The number of H-pyrrole nitrogens is 1. The van der Waals surface area contributed by atoms with Crippen LogP contribution in [0.3, 0.4) is 0 Å². The lowest BCUT2D eigenvalue weighted by atomic mass is 10.1. The van der Waals surface area contributed by atoms with Crippen LogP contribution in [0.4, 0.5) is 11.4 Å². The van der Waals surface area contributed by atoms with Crippen LogP contribution in [0.15, 0.2) is 16.9 Å². The molecule has 0 spiro atoms. The summed E-state index contributed by atoms with van der Waals surface area (Å²) in [6.45, 7) is 1.73. The first-order valence-electron chi connectivity index (χ1n) is 7.55. The molecule has 1 aliphatic heterocycles. The number of aromatic nitrogens is 2.